The van der Waals surface area contributed by atoms with E-state index in [4.69, 9.17) is 4.74 Å². The molecule has 0 saturated heterocycles. The molecule has 0 spiro atoms. The zero-order chi connectivity index (χ0) is 46.7. The van der Waals surface area contributed by atoms with E-state index in [-0.39, 0.29) is 23.7 Å². The molecule has 64 heavy (non-hydrogen) atoms. The van der Waals surface area contributed by atoms with Crippen LogP contribution >= 0.6 is 0 Å². The van der Waals surface area contributed by atoms with Crippen LogP contribution in [0.3, 0.4) is 0 Å². The summed E-state index contributed by atoms with van der Waals surface area (Å²) in [5.74, 6) is 0.145. The first-order valence-corrected chi connectivity index (χ1v) is 28.2. The first kappa shape index (κ1) is 59.6. The average Bonchev–Trinajstić information content (AvgIpc) is 3.27. The molecule has 0 aliphatic heterocycles. The number of hydrogen-bond donors (Lipinski definition) is 2. The topological polar surface area (TPSA) is 84.5 Å². The van der Waals surface area contributed by atoms with E-state index in [2.05, 4.69) is 45.3 Å². The van der Waals surface area contributed by atoms with E-state index in [1.165, 1.54) is 199 Å². The minimum absolute atomic E-state index is 0.00252. The molecule has 2 N–H and O–H groups in total. The molecule has 0 aromatic heterocycles. The second kappa shape index (κ2) is 43.2. The number of carbonyl (C=O) groups is 3. The first-order chi connectivity index (χ1) is 31.2. The molecule has 0 radical (unpaired) electrons. The molecule has 0 aliphatic rings. The Balaban J connectivity index is 2.74. The van der Waals surface area contributed by atoms with Gasteiger partial charge in [-0.25, -0.2) is 0 Å². The van der Waals surface area contributed by atoms with Crippen LogP contribution in [0.5, 0.6) is 5.75 Å². The van der Waals surface area contributed by atoms with Crippen molar-refractivity contribution in [2.45, 2.75) is 317 Å². The highest BCUT2D eigenvalue weighted by atomic mass is 16.5. The maximum atomic E-state index is 13.5. The second-order valence-electron chi connectivity index (χ2n) is 20.0. The number of esters is 1. The van der Waals surface area contributed by atoms with Crippen LogP contribution in [0.25, 0.3) is 0 Å². The Morgan fingerprint density at radius 1 is 0.422 bits per heavy atom. The summed E-state index contributed by atoms with van der Waals surface area (Å²) in [7, 11) is 0. The number of amides is 2. The molecule has 1 aromatic carbocycles. The van der Waals surface area contributed by atoms with Crippen molar-refractivity contribution in [2.24, 2.45) is 0 Å². The molecule has 0 atom stereocenters. The lowest BCUT2D eigenvalue weighted by Crippen LogP contribution is -2.19. The van der Waals surface area contributed by atoms with Crippen molar-refractivity contribution in [1.82, 2.24) is 0 Å². The molecule has 0 unspecified atom stereocenters. The number of nitrogens with one attached hydrogen (secondary N) is 2. The zero-order valence-electron chi connectivity index (χ0n) is 43.5. The van der Waals surface area contributed by atoms with E-state index in [1.54, 1.807) is 0 Å². The maximum Gasteiger partial charge on any atom is 0.311 e. The summed E-state index contributed by atoms with van der Waals surface area (Å²) < 4.78 is 6.20. The number of unbranched alkanes of at least 4 members (excludes halogenated alkanes) is 36. The van der Waals surface area contributed by atoms with Crippen LogP contribution in [0.1, 0.15) is 321 Å². The van der Waals surface area contributed by atoms with E-state index >= 15 is 0 Å². The lowest BCUT2D eigenvalue weighted by atomic mass is 9.96. The predicted octanol–water partition coefficient (Wildman–Crippen LogP) is 19.3. The van der Waals surface area contributed by atoms with Crippen LogP contribution in [-0.4, -0.2) is 17.8 Å². The van der Waals surface area contributed by atoms with Gasteiger partial charge >= 0.3 is 5.97 Å². The minimum atomic E-state index is -0.254. The van der Waals surface area contributed by atoms with Crippen molar-refractivity contribution < 1.29 is 19.1 Å². The normalized spacial score (nSPS) is 11.4. The van der Waals surface area contributed by atoms with Gasteiger partial charge in [0, 0.05) is 30.5 Å². The van der Waals surface area contributed by atoms with Crippen LogP contribution in [-0.2, 0) is 14.4 Å². The van der Waals surface area contributed by atoms with Gasteiger partial charge in [0.25, 0.3) is 0 Å². The summed E-state index contributed by atoms with van der Waals surface area (Å²) >= 11 is 0. The monoisotopic (exact) mass is 895 g/mol. The van der Waals surface area contributed by atoms with Gasteiger partial charge in [-0.2, -0.15) is 0 Å². The van der Waals surface area contributed by atoms with Gasteiger partial charge in [-0.3, -0.25) is 14.4 Å². The fourth-order valence-corrected chi connectivity index (χ4v) is 9.07. The Kier molecular flexibility index (Phi) is 40.3. The maximum absolute atomic E-state index is 13.5. The van der Waals surface area contributed by atoms with Crippen LogP contribution in [0, 0.1) is 6.92 Å². The van der Waals surface area contributed by atoms with Crippen molar-refractivity contribution in [3.05, 3.63) is 17.2 Å². The van der Waals surface area contributed by atoms with E-state index in [0.717, 1.165) is 62.5 Å². The van der Waals surface area contributed by atoms with Crippen LogP contribution in [0.4, 0.5) is 11.4 Å². The molecule has 0 heterocycles. The lowest BCUT2D eigenvalue weighted by Gasteiger charge is -2.23. The summed E-state index contributed by atoms with van der Waals surface area (Å²) in [6.07, 6.45) is 50.5. The summed E-state index contributed by atoms with van der Waals surface area (Å²) in [6, 6.07) is 1.97. The molecule has 1 aromatic rings. The number of hydrogen-bond acceptors (Lipinski definition) is 4. The van der Waals surface area contributed by atoms with E-state index in [0.29, 0.717) is 36.4 Å². The number of carbonyl (C=O) groups excluding carboxylic acids is 3. The van der Waals surface area contributed by atoms with Gasteiger partial charge in [-0.05, 0) is 43.7 Å². The van der Waals surface area contributed by atoms with Gasteiger partial charge in [-0.1, -0.05) is 266 Å². The Morgan fingerprint density at radius 2 is 0.703 bits per heavy atom. The molecular formula is C58H106N2O4. The molecule has 2 amide bonds. The molecule has 372 valence electrons. The highest BCUT2D eigenvalue weighted by Crippen LogP contribution is 2.41. The fraction of sp³-hybridized carbons (Fsp3) is 0.845. The number of benzene rings is 1. The molecular weight excluding hydrogens is 789 g/mol. The molecule has 6 heteroatoms. The van der Waals surface area contributed by atoms with Crippen LogP contribution in [0.15, 0.2) is 6.07 Å². The molecule has 0 aliphatic carbocycles. The Morgan fingerprint density at radius 3 is 1.02 bits per heavy atom. The lowest BCUT2D eigenvalue weighted by molar-refractivity contribution is -0.134. The van der Waals surface area contributed by atoms with E-state index in [1.807, 2.05) is 13.0 Å². The van der Waals surface area contributed by atoms with Gasteiger partial charge in [0.1, 0.15) is 0 Å². The Hall–Kier alpha value is -2.37. The highest BCUT2D eigenvalue weighted by molar-refractivity contribution is 5.98. The quantitative estimate of drug-likeness (QED) is 0.0388. The van der Waals surface area contributed by atoms with Crippen molar-refractivity contribution in [1.29, 1.82) is 0 Å². The van der Waals surface area contributed by atoms with E-state index in [9.17, 15) is 14.4 Å². The highest BCUT2D eigenvalue weighted by Gasteiger charge is 2.24. The van der Waals surface area contributed by atoms with Gasteiger partial charge in [0.2, 0.25) is 11.8 Å². The van der Waals surface area contributed by atoms with Crippen molar-refractivity contribution in [3.63, 3.8) is 0 Å². The second-order valence-corrected chi connectivity index (χ2v) is 20.0. The Labute approximate surface area is 397 Å². The summed E-state index contributed by atoms with van der Waals surface area (Å²) in [5, 5.41) is 6.37. The van der Waals surface area contributed by atoms with Gasteiger partial charge in [0.05, 0.1) is 5.69 Å². The number of anilines is 2. The molecule has 0 bridgehead atoms. The third-order valence-electron chi connectivity index (χ3n) is 13.4. The molecule has 1 rings (SSSR count). The van der Waals surface area contributed by atoms with Crippen molar-refractivity contribution in [2.75, 3.05) is 10.6 Å². The standard InChI is InChI=1S/C58H106N2O4/c1-7-10-13-16-19-22-25-28-31-34-37-40-43-46-54(61)59-53-49-52(50(4)5)58(64-56(63)48-45-42-39-36-33-30-27-24-21-18-15-12-9-3)57(51(53)6)60-55(62)47-44-41-38-35-32-29-26-23-20-17-14-11-8-2/h49-50H,7-48H2,1-6H3,(H,59,61)(H,60,62). The third kappa shape index (κ3) is 33.2. The number of ether oxygens (including phenoxy) is 1. The SMILES string of the molecule is CCCCCCCCCCCCCCCC(=O)Nc1cc(C(C)C)c(OC(=O)CCCCCCCCCCCCCCC)c(NC(=O)CCCCCCCCCCCCCCC)c1C. The largest absolute Gasteiger partial charge is 0.424 e. The average molecular weight is 895 g/mol. The fourth-order valence-electron chi connectivity index (χ4n) is 9.07. The zero-order valence-corrected chi connectivity index (χ0v) is 43.5. The smallest absolute Gasteiger partial charge is 0.311 e. The van der Waals surface area contributed by atoms with Crippen molar-refractivity contribution in [3.8, 4) is 5.75 Å². The minimum Gasteiger partial charge on any atom is -0.424 e. The summed E-state index contributed by atoms with van der Waals surface area (Å²) in [5.41, 5.74) is 2.79. The van der Waals surface area contributed by atoms with Crippen LogP contribution < -0.4 is 15.4 Å². The Bertz CT molecular complexity index is 1280. The van der Waals surface area contributed by atoms with Gasteiger partial charge in [-0.15, -0.1) is 0 Å². The third-order valence-corrected chi connectivity index (χ3v) is 13.4. The van der Waals surface area contributed by atoms with Gasteiger partial charge < -0.3 is 15.4 Å². The molecule has 0 fully saturated rings. The summed E-state index contributed by atoms with van der Waals surface area (Å²) in [6.45, 7) is 12.9. The summed E-state index contributed by atoms with van der Waals surface area (Å²) in [4.78, 5) is 40.3. The van der Waals surface area contributed by atoms with Gasteiger partial charge in [0.15, 0.2) is 5.75 Å². The van der Waals surface area contributed by atoms with Crippen molar-refractivity contribution >= 4 is 29.2 Å². The number of rotatable bonds is 46. The molecule has 6 nitrogen and oxygen atoms in total. The van der Waals surface area contributed by atoms with E-state index < -0.39 is 0 Å². The first-order valence-electron chi connectivity index (χ1n) is 28.2. The van der Waals surface area contributed by atoms with Crippen LogP contribution in [0.2, 0.25) is 0 Å². The predicted molar refractivity (Wildman–Crippen MR) is 279 cm³/mol. The molecule has 0 saturated carbocycles.